The molecule has 1 aromatic carbocycles. The number of rotatable bonds is 2. The van der Waals surface area contributed by atoms with Gasteiger partial charge in [0.05, 0.1) is 5.69 Å². The number of amidine groups is 1. The van der Waals surface area contributed by atoms with Gasteiger partial charge in [0, 0.05) is 5.56 Å². The van der Waals surface area contributed by atoms with Gasteiger partial charge >= 0.3 is 0 Å². The second kappa shape index (κ2) is 4.01. The van der Waals surface area contributed by atoms with Crippen molar-refractivity contribution in [3.8, 4) is 5.69 Å². The van der Waals surface area contributed by atoms with Crippen molar-refractivity contribution in [1.82, 2.24) is 14.8 Å². The summed E-state index contributed by atoms with van der Waals surface area (Å²) < 4.78 is 1.80. The largest absolute Gasteiger partial charge is 0.384 e. The summed E-state index contributed by atoms with van der Waals surface area (Å²) in [7, 11) is 0. The normalized spacial score (nSPS) is 10.5. The maximum Gasteiger partial charge on any atom is 0.148 e. The fourth-order valence-electron chi connectivity index (χ4n) is 1.81. The number of benzene rings is 1. The third-order valence-electron chi connectivity index (χ3n) is 2.61. The molecule has 5 heteroatoms. The fraction of sp³-hybridized carbons (Fsp3) is 0.250. The Bertz CT molecular complexity index is 583. The monoisotopic (exact) mass is 229 g/mol. The number of hydrogen-bond acceptors (Lipinski definition) is 3. The number of aryl methyl sites for hydroxylation is 3. The van der Waals surface area contributed by atoms with Crippen LogP contribution in [-0.4, -0.2) is 20.6 Å². The van der Waals surface area contributed by atoms with Crippen LogP contribution >= 0.6 is 0 Å². The van der Waals surface area contributed by atoms with Crippen LogP contribution in [-0.2, 0) is 0 Å². The van der Waals surface area contributed by atoms with Gasteiger partial charge in [-0.15, -0.1) is 0 Å². The number of nitrogens with two attached hydrogens (primary N) is 1. The van der Waals surface area contributed by atoms with Crippen LogP contribution in [0.1, 0.15) is 22.8 Å². The highest BCUT2D eigenvalue weighted by Crippen LogP contribution is 2.16. The predicted octanol–water partition coefficient (Wildman–Crippen LogP) is 1.48. The topological polar surface area (TPSA) is 80.6 Å². The van der Waals surface area contributed by atoms with Gasteiger partial charge in [-0.25, -0.2) is 9.67 Å². The van der Waals surface area contributed by atoms with E-state index in [9.17, 15) is 0 Å². The van der Waals surface area contributed by atoms with E-state index < -0.39 is 0 Å². The van der Waals surface area contributed by atoms with Crippen molar-refractivity contribution >= 4 is 5.84 Å². The van der Waals surface area contributed by atoms with Gasteiger partial charge in [-0.1, -0.05) is 0 Å². The zero-order valence-electron chi connectivity index (χ0n) is 10.2. The molecular formula is C12H15N5. The minimum Gasteiger partial charge on any atom is -0.384 e. The zero-order valence-corrected chi connectivity index (χ0v) is 10.2. The van der Waals surface area contributed by atoms with E-state index in [1.165, 1.54) is 0 Å². The summed E-state index contributed by atoms with van der Waals surface area (Å²) >= 11 is 0. The number of nitrogens with one attached hydrogen (secondary N) is 1. The van der Waals surface area contributed by atoms with Gasteiger partial charge in [-0.05, 0) is 44.5 Å². The zero-order chi connectivity index (χ0) is 12.6. The lowest BCUT2D eigenvalue weighted by molar-refractivity contribution is 0.825. The lowest BCUT2D eigenvalue weighted by Crippen LogP contribution is -2.12. The maximum absolute atomic E-state index is 7.40. The smallest absolute Gasteiger partial charge is 0.148 e. The summed E-state index contributed by atoms with van der Waals surface area (Å²) in [5.74, 6) is 1.67. The molecule has 88 valence electrons. The van der Waals surface area contributed by atoms with E-state index in [0.29, 0.717) is 0 Å². The molecule has 0 spiro atoms. The second-order valence-electron chi connectivity index (χ2n) is 4.03. The maximum atomic E-state index is 7.40. The number of nitrogen functional groups attached to an aromatic ring is 1. The Kier molecular flexibility index (Phi) is 2.67. The van der Waals surface area contributed by atoms with Crippen LogP contribution in [0.5, 0.6) is 0 Å². The van der Waals surface area contributed by atoms with E-state index in [0.717, 1.165) is 28.5 Å². The Hall–Kier alpha value is -2.17. The molecule has 0 fully saturated rings. The molecule has 1 aromatic heterocycles. The minimum absolute atomic E-state index is 0.0751. The summed E-state index contributed by atoms with van der Waals surface area (Å²) in [6.07, 6.45) is 0. The molecule has 0 unspecified atom stereocenters. The fourth-order valence-corrected chi connectivity index (χ4v) is 1.81. The third kappa shape index (κ3) is 2.04. The molecular weight excluding hydrogens is 214 g/mol. The average molecular weight is 229 g/mol. The highest BCUT2D eigenvalue weighted by molar-refractivity contribution is 5.95. The van der Waals surface area contributed by atoms with Crippen molar-refractivity contribution in [2.45, 2.75) is 20.8 Å². The molecule has 0 aliphatic carbocycles. The molecule has 0 saturated carbocycles. The lowest BCUT2D eigenvalue weighted by atomic mass is 10.1. The Labute approximate surface area is 99.8 Å². The van der Waals surface area contributed by atoms with Crippen LogP contribution in [0.2, 0.25) is 0 Å². The van der Waals surface area contributed by atoms with E-state index in [-0.39, 0.29) is 5.84 Å². The molecule has 2 rings (SSSR count). The predicted molar refractivity (Wildman–Crippen MR) is 66.6 cm³/mol. The SMILES string of the molecule is Cc1nc(C)n(-c2ccc(C(=N)N)cc2C)n1. The van der Waals surface area contributed by atoms with Crippen molar-refractivity contribution in [2.75, 3.05) is 0 Å². The van der Waals surface area contributed by atoms with Crippen LogP contribution in [0.3, 0.4) is 0 Å². The lowest BCUT2D eigenvalue weighted by Gasteiger charge is -2.08. The van der Waals surface area contributed by atoms with E-state index in [1.54, 1.807) is 4.68 Å². The third-order valence-corrected chi connectivity index (χ3v) is 2.61. The van der Waals surface area contributed by atoms with Gasteiger partial charge in [0.25, 0.3) is 0 Å². The van der Waals surface area contributed by atoms with E-state index in [4.69, 9.17) is 11.1 Å². The molecule has 0 atom stereocenters. The van der Waals surface area contributed by atoms with Crippen LogP contribution in [0.25, 0.3) is 5.69 Å². The van der Waals surface area contributed by atoms with Gasteiger partial charge < -0.3 is 5.73 Å². The van der Waals surface area contributed by atoms with E-state index in [2.05, 4.69) is 10.1 Å². The Morgan fingerprint density at radius 1 is 1.29 bits per heavy atom. The van der Waals surface area contributed by atoms with Crippen molar-refractivity contribution in [1.29, 1.82) is 5.41 Å². The number of hydrogen-bond donors (Lipinski definition) is 2. The van der Waals surface area contributed by atoms with Gasteiger partial charge in [0.2, 0.25) is 0 Å². The average Bonchev–Trinajstić information content (AvgIpc) is 2.57. The molecule has 0 bridgehead atoms. The van der Waals surface area contributed by atoms with Crippen molar-refractivity contribution < 1.29 is 0 Å². The number of nitrogens with zero attached hydrogens (tertiary/aromatic N) is 3. The first kappa shape index (κ1) is 11.3. The standard InChI is InChI=1S/C12H15N5/c1-7-6-10(12(13)14)4-5-11(7)17-9(3)15-8(2)16-17/h4-6H,1-3H3,(H3,13,14). The molecule has 1 heterocycles. The summed E-state index contributed by atoms with van der Waals surface area (Å²) in [5.41, 5.74) is 8.16. The van der Waals surface area contributed by atoms with E-state index in [1.807, 2.05) is 39.0 Å². The molecule has 0 saturated heterocycles. The molecule has 2 aromatic rings. The Balaban J connectivity index is 2.54. The van der Waals surface area contributed by atoms with Crippen LogP contribution in [0.4, 0.5) is 0 Å². The van der Waals surface area contributed by atoms with Gasteiger partial charge in [-0.3, -0.25) is 5.41 Å². The molecule has 3 N–H and O–H groups in total. The summed E-state index contributed by atoms with van der Waals surface area (Å²) in [4.78, 5) is 4.27. The molecule has 0 radical (unpaired) electrons. The first-order chi connectivity index (χ1) is 7.99. The van der Waals surface area contributed by atoms with Crippen molar-refractivity contribution in [2.24, 2.45) is 5.73 Å². The minimum atomic E-state index is 0.0751. The summed E-state index contributed by atoms with van der Waals surface area (Å²) in [5, 5.41) is 11.7. The summed E-state index contributed by atoms with van der Waals surface area (Å²) in [6.45, 7) is 5.75. The first-order valence-corrected chi connectivity index (χ1v) is 5.34. The van der Waals surface area contributed by atoms with Gasteiger partial charge in [-0.2, -0.15) is 5.10 Å². The molecule has 17 heavy (non-hydrogen) atoms. The highest BCUT2D eigenvalue weighted by atomic mass is 15.3. The van der Waals surface area contributed by atoms with Crippen molar-refractivity contribution in [3.63, 3.8) is 0 Å². The van der Waals surface area contributed by atoms with Gasteiger partial charge in [0.1, 0.15) is 17.5 Å². The Morgan fingerprint density at radius 2 is 2.00 bits per heavy atom. The molecule has 0 aliphatic heterocycles. The van der Waals surface area contributed by atoms with Crippen molar-refractivity contribution in [3.05, 3.63) is 41.0 Å². The van der Waals surface area contributed by atoms with Crippen LogP contribution < -0.4 is 5.73 Å². The highest BCUT2D eigenvalue weighted by Gasteiger charge is 2.08. The molecule has 5 nitrogen and oxygen atoms in total. The Morgan fingerprint density at radius 3 is 2.47 bits per heavy atom. The van der Waals surface area contributed by atoms with Crippen LogP contribution in [0, 0.1) is 26.2 Å². The van der Waals surface area contributed by atoms with E-state index >= 15 is 0 Å². The second-order valence-corrected chi connectivity index (χ2v) is 4.03. The summed E-state index contributed by atoms with van der Waals surface area (Å²) in [6, 6.07) is 5.61. The van der Waals surface area contributed by atoms with Gasteiger partial charge in [0.15, 0.2) is 0 Å². The van der Waals surface area contributed by atoms with Crippen LogP contribution in [0.15, 0.2) is 18.2 Å². The quantitative estimate of drug-likeness (QED) is 0.604. The molecule has 0 aliphatic rings. The molecule has 0 amide bonds. The first-order valence-electron chi connectivity index (χ1n) is 5.34. The number of aromatic nitrogens is 3.